The fourth-order valence-electron chi connectivity index (χ4n) is 2.77. The molecule has 24 heavy (non-hydrogen) atoms. The molecule has 0 fully saturated rings. The summed E-state index contributed by atoms with van der Waals surface area (Å²) in [4.78, 5) is 23.2. The predicted molar refractivity (Wildman–Crippen MR) is 98.7 cm³/mol. The van der Waals surface area contributed by atoms with Gasteiger partial charge >= 0.3 is 0 Å². The van der Waals surface area contributed by atoms with Crippen LogP contribution in [-0.4, -0.2) is 29.0 Å². The smallest absolute Gasteiger partial charge is 0.274 e. The third kappa shape index (κ3) is 3.91. The maximum absolute atomic E-state index is 12.7. The van der Waals surface area contributed by atoms with Crippen LogP contribution in [0.4, 0.5) is 11.5 Å². The molecule has 5 heteroatoms. The summed E-state index contributed by atoms with van der Waals surface area (Å²) < 4.78 is 0. The van der Waals surface area contributed by atoms with Crippen molar-refractivity contribution in [2.45, 2.75) is 40.5 Å². The van der Waals surface area contributed by atoms with Crippen molar-refractivity contribution in [3.63, 3.8) is 0 Å². The van der Waals surface area contributed by atoms with Crippen molar-refractivity contribution in [3.8, 4) is 0 Å². The molecule has 1 heterocycles. The van der Waals surface area contributed by atoms with E-state index in [-0.39, 0.29) is 5.91 Å². The van der Waals surface area contributed by atoms with Crippen LogP contribution in [-0.2, 0) is 12.8 Å². The minimum atomic E-state index is -0.193. The lowest BCUT2D eigenvalue weighted by molar-refractivity contribution is 0.102. The van der Waals surface area contributed by atoms with Crippen molar-refractivity contribution in [2.75, 3.05) is 23.3 Å². The van der Waals surface area contributed by atoms with E-state index in [0.717, 1.165) is 48.6 Å². The maximum Gasteiger partial charge on any atom is 0.274 e. The van der Waals surface area contributed by atoms with Crippen LogP contribution in [0, 0.1) is 0 Å². The van der Waals surface area contributed by atoms with Crippen molar-refractivity contribution >= 4 is 17.4 Å². The van der Waals surface area contributed by atoms with E-state index in [1.165, 1.54) is 6.33 Å². The van der Waals surface area contributed by atoms with Gasteiger partial charge < -0.3 is 10.2 Å². The van der Waals surface area contributed by atoms with Crippen molar-refractivity contribution < 1.29 is 4.79 Å². The van der Waals surface area contributed by atoms with Crippen LogP contribution in [0.15, 0.2) is 30.6 Å². The second-order valence-corrected chi connectivity index (χ2v) is 5.55. The highest BCUT2D eigenvalue weighted by Crippen LogP contribution is 2.23. The van der Waals surface area contributed by atoms with Gasteiger partial charge in [0, 0.05) is 24.8 Å². The zero-order valence-electron chi connectivity index (χ0n) is 15.0. The van der Waals surface area contributed by atoms with E-state index in [4.69, 9.17) is 0 Å². The Bertz CT molecular complexity index is 673. The topological polar surface area (TPSA) is 58.1 Å². The van der Waals surface area contributed by atoms with E-state index in [0.29, 0.717) is 5.69 Å². The molecular weight excluding hydrogens is 300 g/mol. The first-order valence-electron chi connectivity index (χ1n) is 8.63. The first-order valence-corrected chi connectivity index (χ1v) is 8.63. The molecule has 2 rings (SSSR count). The van der Waals surface area contributed by atoms with Crippen LogP contribution in [0.3, 0.4) is 0 Å². The molecule has 1 N–H and O–H groups in total. The minimum Gasteiger partial charge on any atom is -0.357 e. The van der Waals surface area contributed by atoms with E-state index in [2.05, 4.69) is 60.0 Å². The lowest BCUT2D eigenvalue weighted by Gasteiger charge is -2.20. The first-order chi connectivity index (χ1) is 11.6. The van der Waals surface area contributed by atoms with Crippen LogP contribution >= 0.6 is 0 Å². The number of hydrogen-bond acceptors (Lipinski definition) is 4. The molecule has 0 atom stereocenters. The Morgan fingerprint density at radius 2 is 1.67 bits per heavy atom. The molecule has 5 nitrogen and oxygen atoms in total. The van der Waals surface area contributed by atoms with E-state index < -0.39 is 0 Å². The maximum atomic E-state index is 12.7. The van der Waals surface area contributed by atoms with Gasteiger partial charge in [-0.1, -0.05) is 32.0 Å². The van der Waals surface area contributed by atoms with Gasteiger partial charge in [-0.05, 0) is 37.8 Å². The van der Waals surface area contributed by atoms with Gasteiger partial charge in [0.1, 0.15) is 17.8 Å². The molecule has 1 aromatic heterocycles. The van der Waals surface area contributed by atoms with Crippen LogP contribution in [0.25, 0.3) is 0 Å². The highest BCUT2D eigenvalue weighted by Gasteiger charge is 2.14. The average molecular weight is 326 g/mol. The third-order valence-corrected chi connectivity index (χ3v) is 4.21. The third-order valence-electron chi connectivity index (χ3n) is 4.21. The summed E-state index contributed by atoms with van der Waals surface area (Å²) in [7, 11) is 0. The second kappa shape index (κ2) is 8.43. The summed E-state index contributed by atoms with van der Waals surface area (Å²) in [6.07, 6.45) is 3.20. The quantitative estimate of drug-likeness (QED) is 0.843. The number of anilines is 2. The minimum absolute atomic E-state index is 0.193. The molecule has 0 spiro atoms. The molecule has 0 bridgehead atoms. The van der Waals surface area contributed by atoms with Crippen molar-refractivity contribution in [2.24, 2.45) is 0 Å². The molecule has 1 amide bonds. The predicted octanol–water partition coefficient (Wildman–Crippen LogP) is 3.70. The summed E-state index contributed by atoms with van der Waals surface area (Å²) in [6, 6.07) is 7.89. The molecule has 1 aromatic carbocycles. The molecular formula is C19H26N4O. The number of para-hydroxylation sites is 1. The molecule has 0 aliphatic rings. The number of amides is 1. The zero-order chi connectivity index (χ0) is 17.5. The van der Waals surface area contributed by atoms with Crippen molar-refractivity contribution in [1.82, 2.24) is 9.97 Å². The Morgan fingerprint density at radius 3 is 2.21 bits per heavy atom. The number of hydrogen-bond donors (Lipinski definition) is 1. The molecule has 0 aliphatic carbocycles. The van der Waals surface area contributed by atoms with Crippen molar-refractivity contribution in [3.05, 3.63) is 47.4 Å². The van der Waals surface area contributed by atoms with E-state index in [9.17, 15) is 4.79 Å². The van der Waals surface area contributed by atoms with Gasteiger partial charge in [0.2, 0.25) is 0 Å². The molecule has 0 unspecified atom stereocenters. The largest absolute Gasteiger partial charge is 0.357 e. The monoisotopic (exact) mass is 326 g/mol. The lowest BCUT2D eigenvalue weighted by Crippen LogP contribution is -2.24. The Kier molecular flexibility index (Phi) is 6.29. The van der Waals surface area contributed by atoms with E-state index >= 15 is 0 Å². The number of rotatable bonds is 7. The molecule has 0 saturated carbocycles. The van der Waals surface area contributed by atoms with Crippen LogP contribution in [0.2, 0.25) is 0 Å². The van der Waals surface area contributed by atoms with Crippen molar-refractivity contribution in [1.29, 1.82) is 0 Å². The standard InChI is InChI=1S/C19H26N4O/c1-5-14-10-9-11-15(6-2)18(14)22-19(24)16-12-17(21-13-20-16)23(7-3)8-4/h9-13H,5-8H2,1-4H3,(H,22,24). The Hall–Kier alpha value is -2.43. The van der Waals surface area contributed by atoms with Gasteiger partial charge in [-0.3, -0.25) is 4.79 Å². The number of aryl methyl sites for hydroxylation is 2. The van der Waals surface area contributed by atoms with E-state index in [1.54, 1.807) is 6.07 Å². The summed E-state index contributed by atoms with van der Waals surface area (Å²) in [5, 5.41) is 3.05. The van der Waals surface area contributed by atoms with Crippen LogP contribution in [0.5, 0.6) is 0 Å². The van der Waals surface area contributed by atoms with Gasteiger partial charge in [0.25, 0.3) is 5.91 Å². The number of nitrogens with one attached hydrogen (secondary N) is 1. The molecule has 0 radical (unpaired) electrons. The number of carbonyl (C=O) groups excluding carboxylic acids is 1. The molecule has 2 aromatic rings. The highest BCUT2D eigenvalue weighted by atomic mass is 16.1. The SMILES string of the molecule is CCc1cccc(CC)c1NC(=O)c1cc(N(CC)CC)ncn1. The highest BCUT2D eigenvalue weighted by molar-refractivity contribution is 6.04. The number of carbonyl (C=O) groups is 1. The van der Waals surface area contributed by atoms with Gasteiger partial charge in [0.15, 0.2) is 0 Å². The molecule has 0 saturated heterocycles. The average Bonchev–Trinajstić information content (AvgIpc) is 2.63. The van der Waals surface area contributed by atoms with Gasteiger partial charge in [-0.15, -0.1) is 0 Å². The normalized spacial score (nSPS) is 10.5. The van der Waals surface area contributed by atoms with Gasteiger partial charge in [-0.2, -0.15) is 0 Å². The van der Waals surface area contributed by atoms with Crippen LogP contribution < -0.4 is 10.2 Å². The summed E-state index contributed by atoms with van der Waals surface area (Å²) in [5.74, 6) is 0.584. The number of aromatic nitrogens is 2. The summed E-state index contributed by atoms with van der Waals surface area (Å²) >= 11 is 0. The summed E-state index contributed by atoms with van der Waals surface area (Å²) in [5.41, 5.74) is 3.58. The van der Waals surface area contributed by atoms with Gasteiger partial charge in [0.05, 0.1) is 0 Å². The number of nitrogens with zero attached hydrogens (tertiary/aromatic N) is 3. The second-order valence-electron chi connectivity index (χ2n) is 5.55. The fourth-order valence-corrected chi connectivity index (χ4v) is 2.77. The zero-order valence-corrected chi connectivity index (χ0v) is 15.0. The Labute approximate surface area is 144 Å². The van der Waals surface area contributed by atoms with Gasteiger partial charge in [-0.25, -0.2) is 9.97 Å². The molecule has 0 aliphatic heterocycles. The first kappa shape index (κ1) is 17.9. The summed E-state index contributed by atoms with van der Waals surface area (Å²) in [6.45, 7) is 9.99. The fraction of sp³-hybridized carbons (Fsp3) is 0.421. The molecule has 128 valence electrons. The number of benzene rings is 1. The Morgan fingerprint density at radius 1 is 1.04 bits per heavy atom. The van der Waals surface area contributed by atoms with E-state index in [1.807, 2.05) is 6.07 Å². The van der Waals surface area contributed by atoms with Crippen LogP contribution in [0.1, 0.15) is 49.3 Å². The Balaban J connectivity index is 2.29. The lowest BCUT2D eigenvalue weighted by atomic mass is 10.0.